The second-order valence-electron chi connectivity index (χ2n) is 7.23. The number of benzene rings is 1. The Balaban J connectivity index is 3.28. The predicted octanol–water partition coefficient (Wildman–Crippen LogP) is 4.48. The Kier molecular flexibility index (Phi) is 6.76. The molecule has 1 rings (SSSR count). The van der Waals surface area contributed by atoms with Crippen LogP contribution in [-0.2, 0) is 24.5 Å². The molecule has 0 fully saturated rings. The molecule has 0 aliphatic carbocycles. The third kappa shape index (κ3) is 6.19. The van der Waals surface area contributed by atoms with Crippen molar-refractivity contribution in [1.29, 1.82) is 0 Å². The smallest absolute Gasteiger partial charge is 0.305 e. The molecule has 24 heavy (non-hydrogen) atoms. The van der Waals surface area contributed by atoms with Gasteiger partial charge in [-0.3, -0.25) is 9.59 Å². The van der Waals surface area contributed by atoms with Crippen LogP contribution in [0.3, 0.4) is 0 Å². The van der Waals surface area contributed by atoms with E-state index >= 15 is 0 Å². The molecule has 4 heteroatoms. The van der Waals surface area contributed by atoms with Gasteiger partial charge in [0.05, 0.1) is 0 Å². The van der Waals surface area contributed by atoms with Gasteiger partial charge in [-0.2, -0.15) is 0 Å². The molecular weight excluding hydrogens is 304 g/mol. The lowest BCUT2D eigenvalue weighted by molar-refractivity contribution is -0.178. The van der Waals surface area contributed by atoms with E-state index in [1.165, 1.54) is 19.4 Å². The van der Waals surface area contributed by atoms with Gasteiger partial charge in [0.1, 0.15) is 0 Å². The van der Waals surface area contributed by atoms with Crippen LogP contribution in [0.25, 0.3) is 6.08 Å². The highest BCUT2D eigenvalue weighted by Gasteiger charge is 2.23. The maximum absolute atomic E-state index is 11.4. The van der Waals surface area contributed by atoms with Crippen molar-refractivity contribution in [3.63, 3.8) is 0 Å². The van der Waals surface area contributed by atoms with Crippen molar-refractivity contribution in [3.8, 4) is 0 Å². The average molecular weight is 332 g/mol. The first-order valence-electron chi connectivity index (χ1n) is 8.17. The summed E-state index contributed by atoms with van der Waals surface area (Å²) in [5.74, 6) is -0.931. The minimum Gasteiger partial charge on any atom is -0.421 e. The van der Waals surface area contributed by atoms with Crippen molar-refractivity contribution in [1.82, 2.24) is 0 Å². The number of carbonyl (C=O) groups excluding carboxylic acids is 2. The molecule has 4 nitrogen and oxygen atoms in total. The summed E-state index contributed by atoms with van der Waals surface area (Å²) in [6, 6.07) is 8.16. The fraction of sp³-hybridized carbons (Fsp3) is 0.500. The predicted molar refractivity (Wildman–Crippen MR) is 95.3 cm³/mol. The van der Waals surface area contributed by atoms with Gasteiger partial charge in [0.25, 0.3) is 6.29 Å². The summed E-state index contributed by atoms with van der Waals surface area (Å²) in [5, 5.41) is 0. The molecule has 0 aliphatic rings. The monoisotopic (exact) mass is 332 g/mol. The van der Waals surface area contributed by atoms with E-state index in [-0.39, 0.29) is 11.3 Å². The Hall–Kier alpha value is -2.10. The Bertz CT molecular complexity index is 605. The van der Waals surface area contributed by atoms with Gasteiger partial charge in [0, 0.05) is 19.4 Å². The zero-order valence-electron chi connectivity index (χ0n) is 15.7. The van der Waals surface area contributed by atoms with Crippen molar-refractivity contribution < 1.29 is 19.1 Å². The standard InChI is InChI=1S/C20H28O4/c1-13(2)18(19(23-14(3)21)24-15(4)22)12-16-9-8-10-17(11-16)20(5,6)7/h8-13,19H,1-7H3. The third-order valence-corrected chi connectivity index (χ3v) is 3.57. The third-order valence-electron chi connectivity index (χ3n) is 3.57. The molecular formula is C20H28O4. The maximum Gasteiger partial charge on any atom is 0.305 e. The molecule has 1 aromatic carbocycles. The molecule has 0 radical (unpaired) electrons. The van der Waals surface area contributed by atoms with Gasteiger partial charge >= 0.3 is 11.9 Å². The maximum atomic E-state index is 11.4. The van der Waals surface area contributed by atoms with Crippen LogP contribution in [-0.4, -0.2) is 18.2 Å². The van der Waals surface area contributed by atoms with Crippen LogP contribution >= 0.6 is 0 Å². The molecule has 0 saturated heterocycles. The van der Waals surface area contributed by atoms with Crippen LogP contribution in [0.4, 0.5) is 0 Å². The Labute approximate surface area is 144 Å². The largest absolute Gasteiger partial charge is 0.421 e. The summed E-state index contributed by atoms with van der Waals surface area (Å²) in [6.07, 6.45) is 0.925. The Morgan fingerprint density at radius 2 is 1.58 bits per heavy atom. The zero-order valence-corrected chi connectivity index (χ0v) is 15.7. The van der Waals surface area contributed by atoms with Crippen molar-refractivity contribution in [3.05, 3.63) is 41.0 Å². The molecule has 1 aromatic rings. The van der Waals surface area contributed by atoms with E-state index in [1.54, 1.807) is 0 Å². The number of hydrogen-bond donors (Lipinski definition) is 0. The van der Waals surface area contributed by atoms with Gasteiger partial charge in [-0.15, -0.1) is 0 Å². The van der Waals surface area contributed by atoms with Gasteiger partial charge in [-0.05, 0) is 28.5 Å². The highest BCUT2D eigenvalue weighted by atomic mass is 16.7. The van der Waals surface area contributed by atoms with Crippen molar-refractivity contribution in [2.24, 2.45) is 5.92 Å². The van der Waals surface area contributed by atoms with Gasteiger partial charge in [-0.25, -0.2) is 0 Å². The van der Waals surface area contributed by atoms with Gasteiger partial charge in [-0.1, -0.05) is 58.9 Å². The van der Waals surface area contributed by atoms with Gasteiger partial charge < -0.3 is 9.47 Å². The van der Waals surface area contributed by atoms with E-state index < -0.39 is 18.2 Å². The first-order valence-corrected chi connectivity index (χ1v) is 8.17. The summed E-state index contributed by atoms with van der Waals surface area (Å²) in [5.41, 5.74) is 2.96. The average Bonchev–Trinajstić information content (AvgIpc) is 2.42. The minimum atomic E-state index is -1.00. The lowest BCUT2D eigenvalue weighted by Crippen LogP contribution is -2.27. The molecule has 0 aromatic heterocycles. The summed E-state index contributed by atoms with van der Waals surface area (Å²) in [4.78, 5) is 22.7. The van der Waals surface area contributed by atoms with Crippen LogP contribution in [0, 0.1) is 5.92 Å². The number of ether oxygens (including phenoxy) is 2. The normalized spacial score (nSPS) is 12.5. The van der Waals surface area contributed by atoms with Crippen LogP contribution in [0.15, 0.2) is 29.8 Å². The van der Waals surface area contributed by atoms with E-state index in [1.807, 2.05) is 32.1 Å². The van der Waals surface area contributed by atoms with E-state index in [9.17, 15) is 9.59 Å². The fourth-order valence-electron chi connectivity index (χ4n) is 2.26. The quantitative estimate of drug-likeness (QED) is 0.589. The molecule has 0 saturated carbocycles. The molecule has 0 amide bonds. The van der Waals surface area contributed by atoms with Crippen LogP contribution in [0.2, 0.25) is 0 Å². The highest BCUT2D eigenvalue weighted by Crippen LogP contribution is 2.26. The summed E-state index contributed by atoms with van der Waals surface area (Å²) in [6.45, 7) is 13.0. The van der Waals surface area contributed by atoms with Crippen LogP contribution in [0.5, 0.6) is 0 Å². The van der Waals surface area contributed by atoms with Crippen LogP contribution < -0.4 is 0 Å². The molecule has 0 spiro atoms. The number of carbonyl (C=O) groups is 2. The Morgan fingerprint density at radius 3 is 2.00 bits per heavy atom. The first kappa shape index (κ1) is 19.9. The fourth-order valence-corrected chi connectivity index (χ4v) is 2.26. The van der Waals surface area contributed by atoms with Crippen molar-refractivity contribution in [2.45, 2.75) is 60.2 Å². The molecule has 0 atom stereocenters. The van der Waals surface area contributed by atoms with Crippen LogP contribution in [0.1, 0.15) is 59.6 Å². The summed E-state index contributed by atoms with van der Waals surface area (Å²) in [7, 11) is 0. The topological polar surface area (TPSA) is 52.6 Å². The second-order valence-corrected chi connectivity index (χ2v) is 7.23. The SMILES string of the molecule is CC(=O)OC(OC(C)=O)C(=Cc1cccc(C(C)(C)C)c1)C(C)C. The van der Waals surface area contributed by atoms with Gasteiger partial charge in [0.15, 0.2) is 0 Å². The zero-order chi connectivity index (χ0) is 18.5. The summed E-state index contributed by atoms with van der Waals surface area (Å²) >= 11 is 0. The van der Waals surface area contributed by atoms with E-state index in [0.717, 1.165) is 11.1 Å². The van der Waals surface area contributed by atoms with Crippen molar-refractivity contribution >= 4 is 18.0 Å². The summed E-state index contributed by atoms with van der Waals surface area (Å²) < 4.78 is 10.4. The Morgan fingerprint density at radius 1 is 1.04 bits per heavy atom. The van der Waals surface area contributed by atoms with E-state index in [0.29, 0.717) is 0 Å². The number of esters is 2. The lowest BCUT2D eigenvalue weighted by Gasteiger charge is -2.23. The minimum absolute atomic E-state index is 0.0347. The molecule has 0 unspecified atom stereocenters. The first-order chi connectivity index (χ1) is 11.0. The van der Waals surface area contributed by atoms with Crippen molar-refractivity contribution in [2.75, 3.05) is 0 Å². The van der Waals surface area contributed by atoms with E-state index in [2.05, 4.69) is 32.9 Å². The second kappa shape index (κ2) is 8.13. The molecule has 0 bridgehead atoms. The molecule has 0 heterocycles. The van der Waals surface area contributed by atoms with E-state index in [4.69, 9.17) is 9.47 Å². The highest BCUT2D eigenvalue weighted by molar-refractivity contribution is 5.69. The number of hydrogen-bond acceptors (Lipinski definition) is 4. The lowest BCUT2D eigenvalue weighted by atomic mass is 9.86. The molecule has 132 valence electrons. The molecule has 0 aliphatic heterocycles. The number of rotatable bonds is 5. The van der Waals surface area contributed by atoms with Gasteiger partial charge in [0.2, 0.25) is 0 Å². The molecule has 0 N–H and O–H groups in total.